The third kappa shape index (κ3) is 8.12. The van der Waals surface area contributed by atoms with Gasteiger partial charge in [0.25, 0.3) is 0 Å². The molecule has 2 amide bonds. The fourth-order valence-corrected chi connectivity index (χ4v) is 4.09. The third-order valence-corrected chi connectivity index (χ3v) is 5.66. The van der Waals surface area contributed by atoms with Crippen molar-refractivity contribution in [3.8, 4) is 5.75 Å². The second-order valence-corrected chi connectivity index (χ2v) is 8.05. The highest BCUT2D eigenvalue weighted by molar-refractivity contribution is 5.91. The van der Waals surface area contributed by atoms with Gasteiger partial charge < -0.3 is 41.6 Å². The molecule has 1 unspecified atom stereocenters. The van der Waals surface area contributed by atoms with Crippen molar-refractivity contribution in [2.45, 2.75) is 56.3 Å². The SMILES string of the molecule is Cl.N=C(N)NCCC[C@@H](C=O)NC(=O)[C@@H]1CCCN1C(=O)[C@H]1CC(Oc2cccnc2)CN1.O. The van der Waals surface area contributed by atoms with Gasteiger partial charge in [0.2, 0.25) is 11.8 Å². The van der Waals surface area contributed by atoms with E-state index in [9.17, 15) is 14.4 Å². The van der Waals surface area contributed by atoms with E-state index >= 15 is 0 Å². The smallest absolute Gasteiger partial charge is 0.243 e. The minimum Gasteiger partial charge on any atom is -0.487 e. The Morgan fingerprint density at radius 2 is 2.24 bits per heavy atom. The fourth-order valence-electron chi connectivity index (χ4n) is 4.09. The molecule has 34 heavy (non-hydrogen) atoms. The number of aromatic nitrogens is 1. The standard InChI is InChI=1S/C21H31N7O4.ClH.H2O/c22-21(23)25-8-1-4-14(13-29)27-19(30)18-6-3-9-28(18)20(31)17-10-16(12-26-17)32-15-5-2-7-24-11-15;;/h2,5,7,11,13-14,16-18,26H,1,3-4,6,8-10,12H2,(H,27,30)(H4,22,23,25);1H;1H2/t14-,16?,17+,18-;;/m0../s1. The number of carbonyl (C=O) groups excluding carboxylic acids is 3. The van der Waals surface area contributed by atoms with E-state index in [1.54, 1.807) is 23.4 Å². The van der Waals surface area contributed by atoms with Gasteiger partial charge in [-0.3, -0.25) is 20.0 Å². The van der Waals surface area contributed by atoms with Crippen molar-refractivity contribution in [2.75, 3.05) is 19.6 Å². The van der Waals surface area contributed by atoms with Crippen molar-refractivity contribution in [1.29, 1.82) is 5.41 Å². The summed E-state index contributed by atoms with van der Waals surface area (Å²) in [7, 11) is 0. The Morgan fingerprint density at radius 1 is 1.44 bits per heavy atom. The zero-order valence-corrected chi connectivity index (χ0v) is 19.7. The molecule has 0 spiro atoms. The first-order valence-electron chi connectivity index (χ1n) is 10.9. The van der Waals surface area contributed by atoms with Crippen LogP contribution in [0.15, 0.2) is 24.5 Å². The summed E-state index contributed by atoms with van der Waals surface area (Å²) in [4.78, 5) is 42.9. The zero-order chi connectivity index (χ0) is 22.9. The van der Waals surface area contributed by atoms with Crippen molar-refractivity contribution in [3.05, 3.63) is 24.5 Å². The summed E-state index contributed by atoms with van der Waals surface area (Å²) in [5, 5.41) is 15.7. The van der Waals surface area contributed by atoms with E-state index in [0.29, 0.717) is 57.4 Å². The normalized spacial score (nSPS) is 22.0. The van der Waals surface area contributed by atoms with Crippen LogP contribution in [0.4, 0.5) is 0 Å². The van der Waals surface area contributed by atoms with E-state index in [2.05, 4.69) is 20.9 Å². The summed E-state index contributed by atoms with van der Waals surface area (Å²) >= 11 is 0. The Kier molecular flexibility index (Phi) is 12.3. The Bertz CT molecular complexity index is 816. The van der Waals surface area contributed by atoms with Gasteiger partial charge in [0.05, 0.1) is 18.3 Å². The minimum absolute atomic E-state index is 0. The lowest BCUT2D eigenvalue weighted by molar-refractivity contribution is -0.140. The second kappa shape index (κ2) is 14.3. The molecule has 1 aromatic rings. The van der Waals surface area contributed by atoms with Gasteiger partial charge in [0.1, 0.15) is 24.2 Å². The van der Waals surface area contributed by atoms with Crippen LogP contribution in [0.1, 0.15) is 32.1 Å². The number of pyridine rings is 1. The summed E-state index contributed by atoms with van der Waals surface area (Å²) in [6.07, 6.45) is 6.67. The molecule has 1 aromatic heterocycles. The van der Waals surface area contributed by atoms with E-state index < -0.39 is 18.1 Å². The first kappa shape index (κ1) is 29.1. The molecule has 13 heteroatoms. The summed E-state index contributed by atoms with van der Waals surface area (Å²) in [6.45, 7) is 1.49. The highest BCUT2D eigenvalue weighted by Gasteiger charge is 2.40. The number of aldehydes is 1. The molecule has 4 atom stereocenters. The molecule has 0 bridgehead atoms. The molecule has 8 N–H and O–H groups in total. The van der Waals surface area contributed by atoms with Gasteiger partial charge in [0, 0.05) is 32.3 Å². The molecule has 2 saturated heterocycles. The average Bonchev–Trinajstić information content (AvgIpc) is 3.46. The van der Waals surface area contributed by atoms with Crippen molar-refractivity contribution in [3.63, 3.8) is 0 Å². The number of nitrogens with two attached hydrogens (primary N) is 1. The average molecular weight is 500 g/mol. The first-order valence-corrected chi connectivity index (χ1v) is 10.9. The first-order chi connectivity index (χ1) is 15.5. The van der Waals surface area contributed by atoms with Gasteiger partial charge in [-0.2, -0.15) is 0 Å². The summed E-state index contributed by atoms with van der Waals surface area (Å²) < 4.78 is 5.88. The number of carbonyl (C=O) groups is 3. The molecule has 0 aliphatic carbocycles. The van der Waals surface area contributed by atoms with Gasteiger partial charge in [-0.05, 0) is 37.8 Å². The van der Waals surface area contributed by atoms with Crippen LogP contribution < -0.4 is 26.4 Å². The molecule has 12 nitrogen and oxygen atoms in total. The fraction of sp³-hybridized carbons (Fsp3) is 0.571. The largest absolute Gasteiger partial charge is 0.487 e. The maximum absolute atomic E-state index is 13.1. The molecule has 2 fully saturated rings. The Labute approximate surface area is 204 Å². The van der Waals surface area contributed by atoms with Gasteiger partial charge in [0.15, 0.2) is 5.96 Å². The van der Waals surface area contributed by atoms with Gasteiger partial charge >= 0.3 is 0 Å². The van der Waals surface area contributed by atoms with Crippen LogP contribution in [0.2, 0.25) is 0 Å². The third-order valence-electron chi connectivity index (χ3n) is 5.66. The molecule has 2 aliphatic heterocycles. The molecule has 0 radical (unpaired) electrons. The van der Waals surface area contributed by atoms with Crippen molar-refractivity contribution < 1.29 is 24.6 Å². The molecular formula is C21H34ClN7O5. The van der Waals surface area contributed by atoms with Crippen LogP contribution in [-0.4, -0.2) is 83.3 Å². The van der Waals surface area contributed by atoms with E-state index in [1.165, 1.54) is 0 Å². The minimum atomic E-state index is -0.643. The molecule has 0 aromatic carbocycles. The van der Waals surface area contributed by atoms with Crippen molar-refractivity contribution >= 4 is 36.5 Å². The number of rotatable bonds is 10. The summed E-state index contributed by atoms with van der Waals surface area (Å²) in [6, 6.07) is 1.98. The molecule has 3 rings (SSSR count). The number of nitrogens with one attached hydrogen (secondary N) is 4. The van der Waals surface area contributed by atoms with Gasteiger partial charge in [-0.25, -0.2) is 0 Å². The number of guanidine groups is 1. The zero-order valence-electron chi connectivity index (χ0n) is 18.9. The lowest BCUT2D eigenvalue weighted by Crippen LogP contribution is -2.52. The molecular weight excluding hydrogens is 466 g/mol. The lowest BCUT2D eigenvalue weighted by Gasteiger charge is -2.27. The lowest BCUT2D eigenvalue weighted by atomic mass is 10.1. The molecule has 190 valence electrons. The van der Waals surface area contributed by atoms with E-state index in [4.69, 9.17) is 15.9 Å². The van der Waals surface area contributed by atoms with Gasteiger partial charge in [-0.1, -0.05) is 0 Å². The Balaban J connectivity index is 0.00000289. The predicted octanol–water partition coefficient (Wildman–Crippen LogP) is -1.27. The maximum Gasteiger partial charge on any atom is 0.243 e. The number of ether oxygens (including phenoxy) is 1. The highest BCUT2D eigenvalue weighted by Crippen LogP contribution is 2.23. The number of amides is 2. The molecule has 3 heterocycles. The van der Waals surface area contributed by atoms with E-state index in [1.807, 2.05) is 6.07 Å². The van der Waals surface area contributed by atoms with E-state index in [-0.39, 0.29) is 41.8 Å². The number of hydrogen-bond donors (Lipinski definition) is 5. The quantitative estimate of drug-likeness (QED) is 0.114. The maximum atomic E-state index is 13.1. The van der Waals surface area contributed by atoms with Crippen LogP contribution in [0, 0.1) is 5.41 Å². The van der Waals surface area contributed by atoms with Gasteiger partial charge in [-0.15, -0.1) is 12.4 Å². The number of hydrogen-bond acceptors (Lipinski definition) is 7. The van der Waals surface area contributed by atoms with Crippen LogP contribution >= 0.6 is 12.4 Å². The molecule has 0 saturated carbocycles. The van der Waals surface area contributed by atoms with E-state index in [0.717, 1.165) is 6.42 Å². The summed E-state index contributed by atoms with van der Waals surface area (Å²) in [5.74, 6) is 0.0940. The number of halogens is 1. The second-order valence-electron chi connectivity index (χ2n) is 8.05. The number of likely N-dealkylation sites (tertiary alicyclic amines) is 1. The van der Waals surface area contributed by atoms with Crippen LogP contribution in [0.25, 0.3) is 0 Å². The number of nitrogens with zero attached hydrogens (tertiary/aromatic N) is 2. The highest BCUT2D eigenvalue weighted by atomic mass is 35.5. The van der Waals surface area contributed by atoms with Crippen LogP contribution in [-0.2, 0) is 14.4 Å². The van der Waals surface area contributed by atoms with Crippen molar-refractivity contribution in [2.24, 2.45) is 5.73 Å². The predicted molar refractivity (Wildman–Crippen MR) is 128 cm³/mol. The Morgan fingerprint density at radius 3 is 2.91 bits per heavy atom. The van der Waals surface area contributed by atoms with Crippen LogP contribution in [0.3, 0.4) is 0 Å². The summed E-state index contributed by atoms with van der Waals surface area (Å²) in [5.41, 5.74) is 5.23. The Hall–Kier alpha value is -2.96. The topological polar surface area (TPSA) is 194 Å². The molecule has 2 aliphatic rings. The van der Waals surface area contributed by atoms with Crippen molar-refractivity contribution in [1.82, 2.24) is 25.8 Å². The monoisotopic (exact) mass is 499 g/mol. The van der Waals surface area contributed by atoms with Crippen LogP contribution in [0.5, 0.6) is 5.75 Å².